The summed E-state index contributed by atoms with van der Waals surface area (Å²) in [4.78, 5) is 32.9. The van der Waals surface area contributed by atoms with Crippen molar-refractivity contribution in [3.63, 3.8) is 0 Å². The molecule has 1 aliphatic carbocycles. The largest absolute Gasteiger partial charge is 1.00 e. The molecule has 0 aromatic heterocycles. The fraction of sp³-hybridized carbons (Fsp3) is 0.450. The minimum absolute atomic E-state index is 0. The van der Waals surface area contributed by atoms with Crippen LogP contribution in [0.3, 0.4) is 0 Å². The molecule has 2 aliphatic rings. The molecule has 1 saturated carbocycles. The average Bonchev–Trinajstić information content (AvgIpc) is 3.04. The SMILES string of the molecule is CC(C)(C)c1ccc(CC[CH-]CCC2CCCCC2)cc1NC(=O)CC1c2ccccc2Oc2ccccc21.O=C(O)CCC(=O)O.[Na+]. The van der Waals surface area contributed by atoms with Gasteiger partial charge in [0.05, 0.1) is 12.8 Å². The molecule has 0 bridgehead atoms. The number of carboxylic acid groups (broad SMARTS) is 2. The fourth-order valence-electron chi connectivity index (χ4n) is 6.58. The second-order valence-corrected chi connectivity index (χ2v) is 13.8. The topological polar surface area (TPSA) is 113 Å². The molecule has 5 rings (SSSR count). The Hall–Kier alpha value is -3.13. The summed E-state index contributed by atoms with van der Waals surface area (Å²) in [6, 6.07) is 22.8. The number of anilines is 1. The number of amides is 1. The molecule has 0 saturated heterocycles. The first-order valence-electron chi connectivity index (χ1n) is 17.1. The third-order valence-corrected chi connectivity index (χ3v) is 9.06. The molecular formula is C40H50NNaO6. The molecule has 1 aliphatic heterocycles. The van der Waals surface area contributed by atoms with E-state index >= 15 is 0 Å². The van der Waals surface area contributed by atoms with Gasteiger partial charge in [0.25, 0.3) is 0 Å². The van der Waals surface area contributed by atoms with Gasteiger partial charge in [0, 0.05) is 29.2 Å². The predicted molar refractivity (Wildman–Crippen MR) is 186 cm³/mol. The first-order chi connectivity index (χ1) is 22.5. The van der Waals surface area contributed by atoms with Gasteiger partial charge in [0.1, 0.15) is 11.5 Å². The van der Waals surface area contributed by atoms with E-state index in [4.69, 9.17) is 14.9 Å². The maximum atomic E-state index is 13.6. The molecule has 3 aromatic rings. The average molecular weight is 664 g/mol. The molecule has 0 unspecified atom stereocenters. The Morgan fingerprint density at radius 1 is 0.833 bits per heavy atom. The van der Waals surface area contributed by atoms with E-state index in [1.54, 1.807) is 0 Å². The third-order valence-electron chi connectivity index (χ3n) is 9.06. The zero-order valence-corrected chi connectivity index (χ0v) is 31.1. The van der Waals surface area contributed by atoms with Gasteiger partial charge in [0.15, 0.2) is 0 Å². The minimum atomic E-state index is -1.08. The number of carboxylic acids is 2. The van der Waals surface area contributed by atoms with Crippen molar-refractivity contribution in [3.05, 3.63) is 95.4 Å². The van der Waals surface area contributed by atoms with Crippen molar-refractivity contribution in [3.8, 4) is 11.5 Å². The molecule has 3 aromatic carbocycles. The van der Waals surface area contributed by atoms with Crippen molar-refractivity contribution in [1.29, 1.82) is 0 Å². The van der Waals surface area contributed by atoms with E-state index in [1.165, 1.54) is 56.1 Å². The molecule has 8 heteroatoms. The van der Waals surface area contributed by atoms with Crippen LogP contribution in [0.1, 0.15) is 120 Å². The Labute approximate surface area is 308 Å². The summed E-state index contributed by atoms with van der Waals surface area (Å²) in [5.74, 6) is 0.467. The number of carbonyl (C=O) groups is 3. The third kappa shape index (κ3) is 12.1. The molecule has 7 nitrogen and oxygen atoms in total. The monoisotopic (exact) mass is 663 g/mol. The number of hydrogen-bond donors (Lipinski definition) is 3. The molecule has 3 N–H and O–H groups in total. The number of ether oxygens (including phenoxy) is 1. The fourth-order valence-corrected chi connectivity index (χ4v) is 6.58. The van der Waals surface area contributed by atoms with Crippen molar-refractivity contribution < 1.29 is 58.9 Å². The molecule has 0 atom stereocenters. The molecule has 0 radical (unpaired) electrons. The first kappa shape index (κ1) is 39.3. The van der Waals surface area contributed by atoms with Crippen LogP contribution in [0, 0.1) is 12.3 Å². The zero-order chi connectivity index (χ0) is 33.8. The van der Waals surface area contributed by atoms with Gasteiger partial charge >= 0.3 is 41.5 Å². The van der Waals surface area contributed by atoms with Crippen LogP contribution in [0.5, 0.6) is 11.5 Å². The zero-order valence-electron chi connectivity index (χ0n) is 29.1. The molecule has 1 heterocycles. The Morgan fingerprint density at radius 2 is 1.42 bits per heavy atom. The second-order valence-electron chi connectivity index (χ2n) is 13.8. The van der Waals surface area contributed by atoms with E-state index in [0.29, 0.717) is 6.42 Å². The van der Waals surface area contributed by atoms with E-state index in [0.717, 1.165) is 47.1 Å². The van der Waals surface area contributed by atoms with E-state index in [1.807, 2.05) is 36.4 Å². The van der Waals surface area contributed by atoms with Crippen molar-refractivity contribution in [1.82, 2.24) is 0 Å². The Bertz CT molecular complexity index is 1450. The van der Waals surface area contributed by atoms with Gasteiger partial charge in [-0.25, -0.2) is 0 Å². The summed E-state index contributed by atoms with van der Waals surface area (Å²) < 4.78 is 6.14. The summed E-state index contributed by atoms with van der Waals surface area (Å²) in [5, 5.41) is 19.1. The number of nitrogens with one attached hydrogen (secondary N) is 1. The van der Waals surface area contributed by atoms with Gasteiger partial charge in [-0.05, 0) is 40.7 Å². The van der Waals surface area contributed by atoms with Crippen LogP contribution in [-0.4, -0.2) is 28.1 Å². The summed E-state index contributed by atoms with van der Waals surface area (Å²) in [5.41, 5.74) is 5.48. The Balaban J connectivity index is 0.000000619. The van der Waals surface area contributed by atoms with Gasteiger partial charge < -0.3 is 26.7 Å². The smallest absolute Gasteiger partial charge is 0.481 e. The number of aryl methyl sites for hydroxylation is 1. The van der Waals surface area contributed by atoms with Gasteiger partial charge in [-0.3, -0.25) is 14.4 Å². The predicted octanol–water partition coefficient (Wildman–Crippen LogP) is 6.69. The molecule has 48 heavy (non-hydrogen) atoms. The first-order valence-corrected chi connectivity index (χ1v) is 17.1. The van der Waals surface area contributed by atoms with E-state index < -0.39 is 11.9 Å². The maximum Gasteiger partial charge on any atom is 1.00 e. The van der Waals surface area contributed by atoms with Gasteiger partial charge in [-0.1, -0.05) is 114 Å². The van der Waals surface area contributed by atoms with Crippen molar-refractivity contribution in [2.75, 3.05) is 5.32 Å². The molecule has 0 spiro atoms. The standard InChI is InChI=1S/C36H44NO2.C4H6O4.Na/c1-36(2,3)31-23-22-27(17-9-5-8-16-26-14-6-4-7-15-26)24-32(31)37-35(38)25-30-28-18-10-12-20-33(28)39-34-21-13-11-19-29(30)34;5-3(6)1-2-4(7)8;/h5,10-13,18-24,26,30H,4,6-9,14-17,25H2,1-3H3,(H,37,38);1-2H2,(H,5,6)(H,7,8);/q-1;;+1. The van der Waals surface area contributed by atoms with Crippen molar-refractivity contribution >= 4 is 23.5 Å². The normalized spacial score (nSPS) is 14.2. The number of hydrogen-bond acceptors (Lipinski definition) is 4. The van der Waals surface area contributed by atoms with E-state index in [-0.39, 0.29) is 59.6 Å². The summed E-state index contributed by atoms with van der Waals surface area (Å²) >= 11 is 0. The summed E-state index contributed by atoms with van der Waals surface area (Å²) in [7, 11) is 0. The maximum absolute atomic E-state index is 13.6. The molecular weight excluding hydrogens is 613 g/mol. The Morgan fingerprint density at radius 3 is 1.98 bits per heavy atom. The van der Waals surface area contributed by atoms with Crippen LogP contribution in [0.2, 0.25) is 0 Å². The van der Waals surface area contributed by atoms with Crippen LogP contribution < -0.4 is 39.6 Å². The number of carbonyl (C=O) groups excluding carboxylic acids is 1. The number of fused-ring (bicyclic) bond motifs is 2. The van der Waals surface area contributed by atoms with Crippen LogP contribution in [0.4, 0.5) is 5.69 Å². The van der Waals surface area contributed by atoms with Crippen molar-refractivity contribution in [2.24, 2.45) is 5.92 Å². The number of unbranched alkanes of at least 4 members (excludes halogenated alkanes) is 2. The van der Waals surface area contributed by atoms with Crippen LogP contribution in [0.25, 0.3) is 0 Å². The molecule has 1 fully saturated rings. The van der Waals surface area contributed by atoms with E-state index in [2.05, 4.69) is 62.8 Å². The van der Waals surface area contributed by atoms with Crippen LogP contribution >= 0.6 is 0 Å². The van der Waals surface area contributed by atoms with Gasteiger partial charge in [0.2, 0.25) is 5.91 Å². The van der Waals surface area contributed by atoms with Crippen LogP contribution in [-0.2, 0) is 26.2 Å². The minimum Gasteiger partial charge on any atom is -0.481 e. The Kier molecular flexibility index (Phi) is 15.7. The number of rotatable bonds is 12. The molecule has 1 amide bonds. The van der Waals surface area contributed by atoms with E-state index in [9.17, 15) is 14.4 Å². The van der Waals surface area contributed by atoms with Crippen LogP contribution in [0.15, 0.2) is 66.7 Å². The summed E-state index contributed by atoms with van der Waals surface area (Å²) in [6.45, 7) is 6.63. The number of benzene rings is 3. The molecule has 252 valence electrons. The number of para-hydroxylation sites is 2. The van der Waals surface area contributed by atoms with Crippen molar-refractivity contribution in [2.45, 2.75) is 109 Å². The van der Waals surface area contributed by atoms with Gasteiger partial charge in [-0.2, -0.15) is 12.8 Å². The second kappa shape index (κ2) is 19.2. The van der Waals surface area contributed by atoms with Gasteiger partial charge in [-0.15, -0.1) is 0 Å². The summed E-state index contributed by atoms with van der Waals surface area (Å²) in [6.07, 6.45) is 14.1. The number of aliphatic carboxylic acids is 2. The quantitative estimate of drug-likeness (QED) is 0.113.